The topological polar surface area (TPSA) is 110 Å². The van der Waals surface area contributed by atoms with E-state index in [9.17, 15) is 0 Å². The van der Waals surface area contributed by atoms with E-state index >= 15 is 0 Å². The molecular formula is C9H15NO5. The Morgan fingerprint density at radius 3 is 2.07 bits per heavy atom. The third-order valence-electron chi connectivity index (χ3n) is 2.52. The molecule has 0 aromatic rings. The van der Waals surface area contributed by atoms with Crippen LogP contribution in [-0.4, -0.2) is 40.9 Å². The first-order valence-corrected chi connectivity index (χ1v) is 4.85. The summed E-state index contributed by atoms with van der Waals surface area (Å²) < 4.78 is 5.47. The van der Waals surface area contributed by atoms with Gasteiger partial charge >= 0.3 is 11.9 Å². The van der Waals surface area contributed by atoms with Gasteiger partial charge in [0.15, 0.2) is 0 Å². The van der Waals surface area contributed by atoms with Crippen LogP contribution < -0.4 is 5.73 Å². The summed E-state index contributed by atoms with van der Waals surface area (Å²) in [5.41, 5.74) is 5.67. The van der Waals surface area contributed by atoms with Crippen LogP contribution in [0.15, 0.2) is 0 Å². The molecule has 2 rings (SSSR count). The van der Waals surface area contributed by atoms with Gasteiger partial charge in [0.25, 0.3) is 0 Å². The molecule has 0 aromatic carbocycles. The number of carboxylic acid groups (broad SMARTS) is 2. The van der Waals surface area contributed by atoms with Crippen molar-refractivity contribution in [3.05, 3.63) is 0 Å². The molecule has 0 radical (unpaired) electrons. The Morgan fingerprint density at radius 1 is 1.27 bits per heavy atom. The van der Waals surface area contributed by atoms with E-state index in [4.69, 9.17) is 30.3 Å². The van der Waals surface area contributed by atoms with Crippen LogP contribution in [0.5, 0.6) is 0 Å². The van der Waals surface area contributed by atoms with Crippen LogP contribution in [0.2, 0.25) is 0 Å². The Kier molecular flexibility index (Phi) is 4.05. The van der Waals surface area contributed by atoms with E-state index in [1.807, 2.05) is 0 Å². The fourth-order valence-corrected chi connectivity index (χ4v) is 1.60. The lowest BCUT2D eigenvalue weighted by molar-refractivity contribution is -0.159. The van der Waals surface area contributed by atoms with E-state index < -0.39 is 11.9 Å². The Morgan fingerprint density at radius 2 is 1.80 bits per heavy atom. The van der Waals surface area contributed by atoms with Crippen molar-refractivity contribution in [1.82, 2.24) is 0 Å². The van der Waals surface area contributed by atoms with E-state index in [0.29, 0.717) is 18.1 Å². The van der Waals surface area contributed by atoms with Crippen molar-refractivity contribution in [3.63, 3.8) is 0 Å². The van der Waals surface area contributed by atoms with Gasteiger partial charge in [0.05, 0.1) is 6.10 Å². The van der Waals surface area contributed by atoms with E-state index in [0.717, 1.165) is 6.61 Å². The van der Waals surface area contributed by atoms with Gasteiger partial charge in [0, 0.05) is 18.6 Å². The summed E-state index contributed by atoms with van der Waals surface area (Å²) in [6.45, 7) is 0.966. The summed E-state index contributed by atoms with van der Waals surface area (Å²) >= 11 is 0. The fraction of sp³-hybridized carbons (Fsp3) is 0.778. The van der Waals surface area contributed by atoms with Gasteiger partial charge < -0.3 is 20.7 Å². The molecule has 6 heteroatoms. The summed E-state index contributed by atoms with van der Waals surface area (Å²) in [5, 5.41) is 14.8. The molecule has 0 amide bonds. The average molecular weight is 217 g/mol. The molecule has 2 fully saturated rings. The third kappa shape index (κ3) is 3.85. The molecule has 86 valence electrons. The molecule has 2 aliphatic rings. The normalized spacial score (nSPS) is 32.7. The largest absolute Gasteiger partial charge is 0.473 e. The lowest BCUT2D eigenvalue weighted by Gasteiger charge is -2.05. The van der Waals surface area contributed by atoms with E-state index in [2.05, 4.69) is 0 Å². The summed E-state index contributed by atoms with van der Waals surface area (Å²) in [7, 11) is 0. The Labute approximate surface area is 87.0 Å². The van der Waals surface area contributed by atoms with Gasteiger partial charge in [-0.3, -0.25) is 0 Å². The minimum absolute atomic E-state index is 0.466. The van der Waals surface area contributed by atoms with Crippen LogP contribution in [0, 0.1) is 5.92 Å². The average Bonchev–Trinajstić information content (AvgIpc) is 2.69. The highest BCUT2D eigenvalue weighted by atomic mass is 16.5. The first-order valence-electron chi connectivity index (χ1n) is 4.85. The summed E-state index contributed by atoms with van der Waals surface area (Å²) in [6.07, 6.45) is 4.22. The number of hydrogen-bond acceptors (Lipinski definition) is 4. The number of rotatable bonds is 1. The van der Waals surface area contributed by atoms with Gasteiger partial charge in [-0.05, 0) is 19.3 Å². The van der Waals surface area contributed by atoms with Crippen LogP contribution in [0.1, 0.15) is 19.3 Å². The summed E-state index contributed by atoms with van der Waals surface area (Å²) in [6, 6.07) is 0.466. The van der Waals surface area contributed by atoms with Gasteiger partial charge in [0.1, 0.15) is 0 Å². The summed E-state index contributed by atoms with van der Waals surface area (Å²) in [5.74, 6) is -2.93. The second kappa shape index (κ2) is 5.09. The number of aliphatic carboxylic acids is 2. The van der Waals surface area contributed by atoms with Gasteiger partial charge in [-0.1, -0.05) is 0 Å². The van der Waals surface area contributed by atoms with E-state index in [1.54, 1.807) is 0 Å². The Balaban J connectivity index is 0.000000167. The second-order valence-corrected chi connectivity index (χ2v) is 3.73. The number of nitrogens with two attached hydrogens (primary N) is 1. The molecular weight excluding hydrogens is 202 g/mol. The molecule has 3 unspecified atom stereocenters. The zero-order valence-corrected chi connectivity index (χ0v) is 8.26. The first-order chi connectivity index (χ1) is 7.02. The number of hydrogen-bond donors (Lipinski definition) is 3. The van der Waals surface area contributed by atoms with Crippen molar-refractivity contribution in [2.45, 2.75) is 31.4 Å². The molecule has 4 N–H and O–H groups in total. The van der Waals surface area contributed by atoms with Crippen molar-refractivity contribution in [1.29, 1.82) is 0 Å². The maximum Gasteiger partial charge on any atom is 0.414 e. The zero-order chi connectivity index (χ0) is 11.4. The lowest BCUT2D eigenvalue weighted by Crippen LogP contribution is -2.14. The Hall–Kier alpha value is -1.14. The van der Waals surface area contributed by atoms with E-state index in [-0.39, 0.29) is 0 Å². The first kappa shape index (κ1) is 11.9. The standard InChI is InChI=1S/C7H13NO.C2H2O4/c8-6-4-5(6)7-2-1-3-9-7;3-1(4)2(5)6/h5-7H,1-4,8H2;(H,3,4)(H,5,6). The molecule has 15 heavy (non-hydrogen) atoms. The molecule has 1 aliphatic heterocycles. The molecule has 0 bridgehead atoms. The molecule has 0 aromatic heterocycles. The fourth-order valence-electron chi connectivity index (χ4n) is 1.60. The zero-order valence-electron chi connectivity index (χ0n) is 8.26. The highest BCUT2D eigenvalue weighted by Gasteiger charge is 2.41. The van der Waals surface area contributed by atoms with Gasteiger partial charge in [-0.25, -0.2) is 9.59 Å². The predicted molar refractivity (Wildman–Crippen MR) is 50.3 cm³/mol. The summed E-state index contributed by atoms with van der Waals surface area (Å²) in [4.78, 5) is 18.2. The minimum atomic E-state index is -1.82. The quantitative estimate of drug-likeness (QED) is 0.519. The van der Waals surface area contributed by atoms with Crippen molar-refractivity contribution in [2.75, 3.05) is 6.61 Å². The predicted octanol–water partition coefficient (Wildman–Crippen LogP) is -0.332. The van der Waals surface area contributed by atoms with Crippen molar-refractivity contribution in [2.24, 2.45) is 11.7 Å². The van der Waals surface area contributed by atoms with Gasteiger partial charge in [-0.15, -0.1) is 0 Å². The molecule has 6 nitrogen and oxygen atoms in total. The second-order valence-electron chi connectivity index (χ2n) is 3.73. The molecule has 3 atom stereocenters. The molecule has 1 heterocycles. The SMILES string of the molecule is NC1CC1C1CCCO1.O=C(O)C(=O)O. The van der Waals surface area contributed by atoms with Gasteiger partial charge in [0.2, 0.25) is 0 Å². The van der Waals surface area contributed by atoms with Crippen molar-refractivity contribution >= 4 is 11.9 Å². The van der Waals surface area contributed by atoms with Crippen molar-refractivity contribution < 1.29 is 24.5 Å². The monoisotopic (exact) mass is 217 g/mol. The maximum atomic E-state index is 9.10. The highest BCUT2D eigenvalue weighted by Crippen LogP contribution is 2.37. The number of carboxylic acids is 2. The van der Waals surface area contributed by atoms with Crippen LogP contribution in [0.4, 0.5) is 0 Å². The number of carbonyl (C=O) groups is 2. The minimum Gasteiger partial charge on any atom is -0.473 e. The Bertz CT molecular complexity index is 237. The molecule has 1 saturated carbocycles. The third-order valence-corrected chi connectivity index (χ3v) is 2.52. The molecule has 1 aliphatic carbocycles. The van der Waals surface area contributed by atoms with Crippen LogP contribution in [0.3, 0.4) is 0 Å². The smallest absolute Gasteiger partial charge is 0.414 e. The van der Waals surface area contributed by atoms with Crippen LogP contribution in [-0.2, 0) is 14.3 Å². The highest BCUT2D eigenvalue weighted by molar-refractivity contribution is 6.27. The molecule has 0 spiro atoms. The molecule has 1 saturated heterocycles. The lowest BCUT2D eigenvalue weighted by atomic mass is 10.1. The maximum absolute atomic E-state index is 9.10. The van der Waals surface area contributed by atoms with Gasteiger partial charge in [-0.2, -0.15) is 0 Å². The van der Waals surface area contributed by atoms with E-state index in [1.165, 1.54) is 19.3 Å². The van der Waals surface area contributed by atoms with Crippen molar-refractivity contribution in [3.8, 4) is 0 Å². The van der Waals surface area contributed by atoms with Crippen LogP contribution >= 0.6 is 0 Å². The van der Waals surface area contributed by atoms with Crippen LogP contribution in [0.25, 0.3) is 0 Å². The number of ether oxygens (including phenoxy) is 1.